The van der Waals surface area contributed by atoms with Crippen molar-refractivity contribution in [1.82, 2.24) is 0 Å². The van der Waals surface area contributed by atoms with Gasteiger partial charge in [-0.05, 0) is 25.1 Å². The molecule has 0 unspecified atom stereocenters. The molecule has 0 spiro atoms. The Bertz CT molecular complexity index is 857. The predicted molar refractivity (Wildman–Crippen MR) is 89.2 cm³/mol. The van der Waals surface area contributed by atoms with Gasteiger partial charge in [0.1, 0.15) is 19.0 Å². The minimum atomic E-state index is -1.09. The van der Waals surface area contributed by atoms with Crippen LogP contribution in [0, 0.1) is 15.9 Å². The van der Waals surface area contributed by atoms with Gasteiger partial charge in [0.15, 0.2) is 17.6 Å². The van der Waals surface area contributed by atoms with Crippen LogP contribution in [-0.4, -0.2) is 30.1 Å². The summed E-state index contributed by atoms with van der Waals surface area (Å²) in [4.78, 5) is 22.6. The molecule has 0 saturated heterocycles. The summed E-state index contributed by atoms with van der Waals surface area (Å²) in [7, 11) is 0. The van der Waals surface area contributed by atoms with Crippen LogP contribution in [0.4, 0.5) is 15.8 Å². The second-order valence-corrected chi connectivity index (χ2v) is 5.48. The Kier molecular flexibility index (Phi) is 4.87. The average molecular weight is 362 g/mol. The Morgan fingerprint density at radius 1 is 1.23 bits per heavy atom. The summed E-state index contributed by atoms with van der Waals surface area (Å²) in [5.74, 6) is -0.498. The molecular formula is C17H15FN2O6. The number of nitrogens with one attached hydrogen (secondary N) is 1. The number of fused-ring (bicyclic) bond motifs is 1. The number of anilines is 1. The number of halogens is 1. The van der Waals surface area contributed by atoms with Gasteiger partial charge in [-0.25, -0.2) is 4.39 Å². The molecule has 0 aliphatic carbocycles. The number of benzene rings is 2. The molecule has 0 aromatic heterocycles. The molecule has 9 heteroatoms. The van der Waals surface area contributed by atoms with Crippen LogP contribution in [-0.2, 0) is 4.79 Å². The monoisotopic (exact) mass is 362 g/mol. The smallest absolute Gasteiger partial charge is 0.311 e. The summed E-state index contributed by atoms with van der Waals surface area (Å²) in [5.41, 5.74) is 0.0221. The maximum atomic E-state index is 13.3. The molecule has 0 fully saturated rings. The van der Waals surface area contributed by atoms with E-state index in [2.05, 4.69) is 5.32 Å². The highest BCUT2D eigenvalue weighted by Crippen LogP contribution is 2.33. The van der Waals surface area contributed by atoms with E-state index in [0.29, 0.717) is 30.4 Å². The fourth-order valence-electron chi connectivity index (χ4n) is 2.34. The van der Waals surface area contributed by atoms with E-state index >= 15 is 0 Å². The maximum Gasteiger partial charge on any atom is 0.311 e. The number of hydrogen-bond acceptors (Lipinski definition) is 6. The van der Waals surface area contributed by atoms with Crippen molar-refractivity contribution in [1.29, 1.82) is 0 Å². The zero-order valence-corrected chi connectivity index (χ0v) is 13.7. The van der Waals surface area contributed by atoms with Gasteiger partial charge in [-0.2, -0.15) is 0 Å². The number of carbonyl (C=O) groups is 1. The van der Waals surface area contributed by atoms with Crippen LogP contribution in [0.15, 0.2) is 36.4 Å². The number of nitro benzene ring substituents is 1. The van der Waals surface area contributed by atoms with Gasteiger partial charge < -0.3 is 19.5 Å². The van der Waals surface area contributed by atoms with E-state index in [1.807, 2.05) is 0 Å². The standard InChI is InChI=1S/C17H15FN2O6/c1-10(26-15-8-11(18)2-4-13(15)20(22)23)17(21)19-12-3-5-14-16(9-12)25-7-6-24-14/h2-5,8-10H,6-7H2,1H3,(H,19,21)/t10-/m1/s1. The highest BCUT2D eigenvalue weighted by Gasteiger charge is 2.22. The van der Waals surface area contributed by atoms with Crippen molar-refractivity contribution in [3.63, 3.8) is 0 Å². The average Bonchev–Trinajstić information content (AvgIpc) is 2.61. The molecule has 136 valence electrons. The Morgan fingerprint density at radius 2 is 1.96 bits per heavy atom. The van der Waals surface area contributed by atoms with E-state index in [0.717, 1.165) is 18.2 Å². The van der Waals surface area contributed by atoms with Crippen molar-refractivity contribution in [2.45, 2.75) is 13.0 Å². The minimum absolute atomic E-state index is 0.320. The van der Waals surface area contributed by atoms with Gasteiger partial charge >= 0.3 is 5.69 Å². The molecule has 1 N–H and O–H groups in total. The van der Waals surface area contributed by atoms with Crippen LogP contribution in [0.1, 0.15) is 6.92 Å². The third-order valence-corrected chi connectivity index (χ3v) is 3.60. The van der Waals surface area contributed by atoms with Crippen LogP contribution in [0.25, 0.3) is 0 Å². The highest BCUT2D eigenvalue weighted by atomic mass is 19.1. The lowest BCUT2D eigenvalue weighted by atomic mass is 10.2. The molecule has 1 amide bonds. The third kappa shape index (κ3) is 3.82. The molecule has 0 bridgehead atoms. The Hall–Kier alpha value is -3.36. The van der Waals surface area contributed by atoms with Crippen LogP contribution >= 0.6 is 0 Å². The van der Waals surface area contributed by atoms with Crippen molar-refractivity contribution in [3.8, 4) is 17.2 Å². The van der Waals surface area contributed by atoms with E-state index in [9.17, 15) is 19.3 Å². The van der Waals surface area contributed by atoms with Gasteiger partial charge in [0.25, 0.3) is 5.91 Å². The Labute approximate surface area is 147 Å². The lowest BCUT2D eigenvalue weighted by Crippen LogP contribution is -2.30. The van der Waals surface area contributed by atoms with E-state index < -0.39 is 28.4 Å². The van der Waals surface area contributed by atoms with Crippen molar-refractivity contribution < 1.29 is 28.3 Å². The van der Waals surface area contributed by atoms with Crippen molar-refractivity contribution in [2.75, 3.05) is 18.5 Å². The molecule has 1 heterocycles. The number of amides is 1. The fraction of sp³-hybridized carbons (Fsp3) is 0.235. The molecule has 3 rings (SSSR count). The minimum Gasteiger partial charge on any atom is -0.486 e. The lowest BCUT2D eigenvalue weighted by molar-refractivity contribution is -0.386. The molecule has 2 aromatic rings. The van der Waals surface area contributed by atoms with E-state index in [1.54, 1.807) is 18.2 Å². The molecule has 2 aromatic carbocycles. The SMILES string of the molecule is C[C@@H](Oc1cc(F)ccc1[N+](=O)[O-])C(=O)Nc1ccc2c(c1)OCCO2. The third-order valence-electron chi connectivity index (χ3n) is 3.60. The van der Waals surface area contributed by atoms with Crippen LogP contribution < -0.4 is 19.5 Å². The largest absolute Gasteiger partial charge is 0.486 e. The van der Waals surface area contributed by atoms with Gasteiger partial charge in [0.2, 0.25) is 5.75 Å². The van der Waals surface area contributed by atoms with Gasteiger partial charge in [-0.3, -0.25) is 14.9 Å². The van der Waals surface area contributed by atoms with Gasteiger partial charge in [-0.1, -0.05) is 0 Å². The number of ether oxygens (including phenoxy) is 3. The summed E-state index contributed by atoms with van der Waals surface area (Å²) in [5, 5.41) is 13.6. The summed E-state index contributed by atoms with van der Waals surface area (Å²) >= 11 is 0. The predicted octanol–water partition coefficient (Wildman–Crippen LogP) is 2.91. The number of nitrogens with zero attached hydrogens (tertiary/aromatic N) is 1. The van der Waals surface area contributed by atoms with Crippen LogP contribution in [0.3, 0.4) is 0 Å². The van der Waals surface area contributed by atoms with E-state index in [-0.39, 0.29) is 5.75 Å². The van der Waals surface area contributed by atoms with Gasteiger partial charge in [0, 0.05) is 23.9 Å². The summed E-state index contributed by atoms with van der Waals surface area (Å²) in [6.07, 6.45) is -1.09. The maximum absolute atomic E-state index is 13.3. The molecule has 1 aliphatic heterocycles. The Morgan fingerprint density at radius 3 is 2.69 bits per heavy atom. The lowest BCUT2D eigenvalue weighted by Gasteiger charge is -2.19. The quantitative estimate of drug-likeness (QED) is 0.648. The Balaban J connectivity index is 1.71. The zero-order chi connectivity index (χ0) is 18.7. The summed E-state index contributed by atoms with van der Waals surface area (Å²) < 4.78 is 29.5. The van der Waals surface area contributed by atoms with Crippen LogP contribution in [0.2, 0.25) is 0 Å². The number of carbonyl (C=O) groups excluding carboxylic acids is 1. The van der Waals surface area contributed by atoms with Gasteiger partial charge in [0.05, 0.1) is 4.92 Å². The molecule has 8 nitrogen and oxygen atoms in total. The normalized spacial score (nSPS) is 13.6. The second-order valence-electron chi connectivity index (χ2n) is 5.48. The van der Waals surface area contributed by atoms with Crippen molar-refractivity contribution in [2.24, 2.45) is 0 Å². The van der Waals surface area contributed by atoms with Gasteiger partial charge in [-0.15, -0.1) is 0 Å². The zero-order valence-electron chi connectivity index (χ0n) is 13.7. The highest BCUT2D eigenvalue weighted by molar-refractivity contribution is 5.94. The first-order valence-corrected chi connectivity index (χ1v) is 7.75. The first kappa shape index (κ1) is 17.5. The van der Waals surface area contributed by atoms with Crippen molar-refractivity contribution >= 4 is 17.3 Å². The fourth-order valence-corrected chi connectivity index (χ4v) is 2.34. The molecule has 0 radical (unpaired) electrons. The first-order valence-electron chi connectivity index (χ1n) is 7.75. The van der Waals surface area contributed by atoms with Crippen molar-refractivity contribution in [3.05, 3.63) is 52.3 Å². The second kappa shape index (κ2) is 7.26. The first-order chi connectivity index (χ1) is 12.4. The van der Waals surface area contributed by atoms with E-state index in [4.69, 9.17) is 14.2 Å². The van der Waals surface area contributed by atoms with Crippen LogP contribution in [0.5, 0.6) is 17.2 Å². The summed E-state index contributed by atoms with van der Waals surface area (Å²) in [6, 6.07) is 7.69. The molecule has 1 aliphatic rings. The molecule has 0 saturated carbocycles. The van der Waals surface area contributed by atoms with E-state index in [1.165, 1.54) is 6.92 Å². The number of rotatable bonds is 5. The number of nitro groups is 1. The topological polar surface area (TPSA) is 99.9 Å². The number of hydrogen-bond donors (Lipinski definition) is 1. The molecular weight excluding hydrogens is 347 g/mol. The summed E-state index contributed by atoms with van der Waals surface area (Å²) in [6.45, 7) is 2.27. The molecule has 1 atom stereocenters. The molecule has 26 heavy (non-hydrogen) atoms.